The second-order valence-corrected chi connectivity index (χ2v) is 8.06. The van der Waals surface area contributed by atoms with Gasteiger partial charge in [-0.1, -0.05) is 57.0 Å². The van der Waals surface area contributed by atoms with Gasteiger partial charge in [-0.15, -0.1) is 0 Å². The summed E-state index contributed by atoms with van der Waals surface area (Å²) >= 11 is 0. The number of aromatic nitrogens is 2. The number of hydrogen-bond acceptors (Lipinski definition) is 3. The van der Waals surface area contributed by atoms with E-state index in [1.807, 2.05) is 12.3 Å². The van der Waals surface area contributed by atoms with E-state index in [-0.39, 0.29) is 5.92 Å². The minimum Gasteiger partial charge on any atom is -0.481 e. The molecule has 2 N–H and O–H groups in total. The van der Waals surface area contributed by atoms with Crippen LogP contribution in [0.4, 0.5) is 0 Å². The maximum absolute atomic E-state index is 11.5. The van der Waals surface area contributed by atoms with Gasteiger partial charge in [0.15, 0.2) is 0 Å². The van der Waals surface area contributed by atoms with Crippen LogP contribution in [0.1, 0.15) is 57.6 Å². The lowest BCUT2D eigenvalue weighted by Crippen LogP contribution is -2.29. The summed E-state index contributed by atoms with van der Waals surface area (Å²) in [6, 6.07) is 10.9. The summed E-state index contributed by atoms with van der Waals surface area (Å²) in [6.45, 7) is 5.25. The van der Waals surface area contributed by atoms with Gasteiger partial charge in [0.25, 0.3) is 0 Å². The quantitative estimate of drug-likeness (QED) is 0.683. The van der Waals surface area contributed by atoms with Crippen LogP contribution in [0.25, 0.3) is 11.3 Å². The molecule has 0 aliphatic heterocycles. The molecule has 2 aromatic rings. The maximum Gasteiger partial charge on any atom is 0.307 e. The van der Waals surface area contributed by atoms with E-state index in [2.05, 4.69) is 48.1 Å². The van der Waals surface area contributed by atoms with Crippen molar-refractivity contribution in [1.29, 1.82) is 0 Å². The van der Waals surface area contributed by atoms with Crippen LogP contribution in [0, 0.1) is 11.8 Å². The Labute approximate surface area is 161 Å². The summed E-state index contributed by atoms with van der Waals surface area (Å²) in [5.74, 6) is -0.700. The number of benzene rings is 1. The Morgan fingerprint density at radius 2 is 1.96 bits per heavy atom. The molecule has 1 aromatic heterocycles. The van der Waals surface area contributed by atoms with Crippen molar-refractivity contribution in [2.24, 2.45) is 11.8 Å². The first kappa shape index (κ1) is 19.6. The lowest BCUT2D eigenvalue weighted by Gasteiger charge is -2.17. The van der Waals surface area contributed by atoms with Crippen LogP contribution in [0.15, 0.2) is 36.5 Å². The Morgan fingerprint density at radius 1 is 1.26 bits per heavy atom. The van der Waals surface area contributed by atoms with E-state index in [1.165, 1.54) is 36.9 Å². The first-order chi connectivity index (χ1) is 13.1. The van der Waals surface area contributed by atoms with Crippen LogP contribution in [0.3, 0.4) is 0 Å². The fourth-order valence-electron chi connectivity index (χ4n) is 4.09. The van der Waals surface area contributed by atoms with Crippen LogP contribution in [0.5, 0.6) is 0 Å². The molecule has 1 heterocycles. The van der Waals surface area contributed by atoms with Crippen LogP contribution in [-0.4, -0.2) is 27.4 Å². The van der Waals surface area contributed by atoms with Crippen molar-refractivity contribution in [1.82, 2.24) is 15.1 Å². The van der Waals surface area contributed by atoms with Gasteiger partial charge in [-0.3, -0.25) is 9.48 Å². The van der Waals surface area contributed by atoms with Crippen molar-refractivity contribution in [3.63, 3.8) is 0 Å². The average Bonchev–Trinajstić information content (AvgIpc) is 3.30. The molecule has 1 fully saturated rings. The molecule has 146 valence electrons. The standard InChI is InChI=1S/C22H31N3O2/c1-16(2)12-18(22(26)27)13-23-14-19-15-24-25(20-10-6-7-11-20)21(19)17-8-4-3-5-9-17/h3-5,8-9,15-16,18,20,23H,6-7,10-14H2,1-2H3,(H,26,27). The molecule has 5 nitrogen and oxygen atoms in total. The van der Waals surface area contributed by atoms with Crippen LogP contribution in [0.2, 0.25) is 0 Å². The van der Waals surface area contributed by atoms with E-state index in [9.17, 15) is 9.90 Å². The van der Waals surface area contributed by atoms with Crippen LogP contribution >= 0.6 is 0 Å². The number of rotatable bonds is 9. The molecule has 1 aliphatic carbocycles. The molecular formula is C22H31N3O2. The molecule has 27 heavy (non-hydrogen) atoms. The topological polar surface area (TPSA) is 67.2 Å². The third-order valence-electron chi connectivity index (χ3n) is 5.40. The first-order valence-corrected chi connectivity index (χ1v) is 10.1. The second-order valence-electron chi connectivity index (χ2n) is 8.06. The van der Waals surface area contributed by atoms with Crippen molar-refractivity contribution in [2.45, 2.75) is 58.5 Å². The largest absolute Gasteiger partial charge is 0.481 e. The van der Waals surface area contributed by atoms with Gasteiger partial charge in [-0.2, -0.15) is 5.10 Å². The predicted octanol–water partition coefficient (Wildman–Crippen LogP) is 4.50. The molecule has 1 aromatic carbocycles. The molecule has 0 amide bonds. The average molecular weight is 370 g/mol. The molecular weight excluding hydrogens is 338 g/mol. The van der Waals surface area contributed by atoms with E-state index in [1.54, 1.807) is 0 Å². The zero-order valence-electron chi connectivity index (χ0n) is 16.4. The van der Waals surface area contributed by atoms with E-state index >= 15 is 0 Å². The molecule has 1 atom stereocenters. The number of nitrogens with zero attached hydrogens (tertiary/aromatic N) is 2. The lowest BCUT2D eigenvalue weighted by molar-refractivity contribution is -0.142. The first-order valence-electron chi connectivity index (χ1n) is 10.1. The molecule has 3 rings (SSSR count). The summed E-state index contributed by atoms with van der Waals surface area (Å²) in [5, 5.41) is 17.5. The summed E-state index contributed by atoms with van der Waals surface area (Å²) in [5.41, 5.74) is 3.49. The summed E-state index contributed by atoms with van der Waals surface area (Å²) in [4.78, 5) is 11.5. The predicted molar refractivity (Wildman–Crippen MR) is 107 cm³/mol. The van der Waals surface area contributed by atoms with Gasteiger partial charge < -0.3 is 10.4 Å². The van der Waals surface area contributed by atoms with Crippen LogP contribution < -0.4 is 5.32 Å². The van der Waals surface area contributed by atoms with E-state index < -0.39 is 5.97 Å². The fraction of sp³-hybridized carbons (Fsp3) is 0.545. The molecule has 0 bridgehead atoms. The van der Waals surface area contributed by atoms with Crippen molar-refractivity contribution >= 4 is 5.97 Å². The zero-order valence-corrected chi connectivity index (χ0v) is 16.4. The van der Waals surface area contributed by atoms with Gasteiger partial charge in [-0.05, 0) is 25.2 Å². The van der Waals surface area contributed by atoms with Crippen molar-refractivity contribution in [2.75, 3.05) is 6.54 Å². The Bertz CT molecular complexity index is 733. The van der Waals surface area contributed by atoms with Crippen LogP contribution in [-0.2, 0) is 11.3 Å². The van der Waals surface area contributed by atoms with E-state index in [4.69, 9.17) is 5.10 Å². The number of carboxylic acids is 1. The van der Waals surface area contributed by atoms with E-state index in [0.29, 0.717) is 31.5 Å². The zero-order chi connectivity index (χ0) is 19.2. The Morgan fingerprint density at radius 3 is 2.59 bits per heavy atom. The minimum absolute atomic E-state index is 0.352. The van der Waals surface area contributed by atoms with Gasteiger partial charge in [0.2, 0.25) is 0 Å². The van der Waals surface area contributed by atoms with Crippen molar-refractivity contribution < 1.29 is 9.90 Å². The van der Waals surface area contributed by atoms with E-state index in [0.717, 1.165) is 5.56 Å². The lowest BCUT2D eigenvalue weighted by atomic mass is 9.97. The van der Waals surface area contributed by atoms with Crippen molar-refractivity contribution in [3.8, 4) is 11.3 Å². The normalized spacial score (nSPS) is 16.1. The monoisotopic (exact) mass is 369 g/mol. The number of carboxylic acid groups (broad SMARTS) is 1. The van der Waals surface area contributed by atoms with Gasteiger partial charge in [-0.25, -0.2) is 0 Å². The smallest absolute Gasteiger partial charge is 0.307 e. The summed E-state index contributed by atoms with van der Waals surface area (Å²) in [7, 11) is 0. The highest BCUT2D eigenvalue weighted by Crippen LogP contribution is 2.34. The third kappa shape index (κ3) is 4.98. The van der Waals surface area contributed by atoms with Gasteiger partial charge >= 0.3 is 5.97 Å². The SMILES string of the molecule is CC(C)CC(CNCc1cnn(C2CCCC2)c1-c1ccccc1)C(=O)O. The summed E-state index contributed by atoms with van der Waals surface area (Å²) in [6.07, 6.45) is 7.54. The summed E-state index contributed by atoms with van der Waals surface area (Å²) < 4.78 is 2.20. The molecule has 0 radical (unpaired) electrons. The minimum atomic E-state index is -0.721. The number of hydrogen-bond donors (Lipinski definition) is 2. The third-order valence-corrected chi connectivity index (χ3v) is 5.40. The molecule has 1 aliphatic rings. The number of carbonyl (C=O) groups is 1. The Balaban J connectivity index is 1.76. The molecule has 0 saturated heterocycles. The number of nitrogens with one attached hydrogen (secondary N) is 1. The van der Waals surface area contributed by atoms with Gasteiger partial charge in [0.1, 0.15) is 0 Å². The highest BCUT2D eigenvalue weighted by molar-refractivity contribution is 5.70. The molecule has 0 spiro atoms. The Kier molecular flexibility index (Phi) is 6.67. The second kappa shape index (κ2) is 9.18. The maximum atomic E-state index is 11.5. The fourth-order valence-corrected chi connectivity index (χ4v) is 4.09. The van der Waals surface area contributed by atoms with Crippen molar-refractivity contribution in [3.05, 3.63) is 42.1 Å². The molecule has 1 unspecified atom stereocenters. The van der Waals surface area contributed by atoms with Gasteiger partial charge in [0.05, 0.1) is 23.9 Å². The highest BCUT2D eigenvalue weighted by atomic mass is 16.4. The Hall–Kier alpha value is -2.14. The molecule has 5 heteroatoms. The van der Waals surface area contributed by atoms with Gasteiger partial charge in [0, 0.05) is 24.2 Å². The molecule has 1 saturated carbocycles. The number of aliphatic carboxylic acids is 1. The highest BCUT2D eigenvalue weighted by Gasteiger charge is 2.23.